The molecule has 0 fully saturated rings. The fourth-order valence-electron chi connectivity index (χ4n) is 0.565. The van der Waals surface area contributed by atoms with E-state index in [0.29, 0.717) is 6.54 Å². The van der Waals surface area contributed by atoms with Crippen LogP contribution in [-0.2, 0) is 4.79 Å². The second-order valence-corrected chi connectivity index (χ2v) is 2.27. The van der Waals surface area contributed by atoms with E-state index in [1.165, 1.54) is 31.8 Å². The third kappa shape index (κ3) is 26.6. The van der Waals surface area contributed by atoms with Gasteiger partial charge in [0.15, 0.2) is 0 Å². The zero-order valence-electron chi connectivity index (χ0n) is 7.89. The molecule has 0 aromatic heterocycles. The summed E-state index contributed by atoms with van der Waals surface area (Å²) < 4.78 is 0. The monoisotopic (exact) mass is 157 g/mol. The molecule has 0 unspecified atom stereocenters. The van der Waals surface area contributed by atoms with Crippen molar-refractivity contribution in [2.45, 2.75) is 46.5 Å². The predicted molar refractivity (Wildman–Crippen MR) is 48.5 cm³/mol. The van der Waals surface area contributed by atoms with Crippen LogP contribution >= 0.6 is 0 Å². The summed E-state index contributed by atoms with van der Waals surface area (Å²) in [5, 5.41) is 0. The van der Waals surface area contributed by atoms with Crippen LogP contribution in [0, 0.1) is 0 Å². The number of rotatable bonds is 4. The molecule has 0 aliphatic rings. The lowest BCUT2D eigenvalue weighted by molar-refractivity contribution is 0.563. The Labute approximate surface area is 69.7 Å². The van der Waals surface area contributed by atoms with Crippen molar-refractivity contribution in [3.05, 3.63) is 0 Å². The molecule has 2 heteroatoms. The zero-order chi connectivity index (χ0) is 8.95. The summed E-state index contributed by atoms with van der Waals surface area (Å²) in [5.41, 5.74) is 0. The van der Waals surface area contributed by atoms with Gasteiger partial charge in [0.25, 0.3) is 0 Å². The summed E-state index contributed by atoms with van der Waals surface area (Å²) >= 11 is 0. The smallest absolute Gasteiger partial charge is 0.211 e. The quantitative estimate of drug-likeness (QED) is 0.350. The Morgan fingerprint density at radius 2 is 1.55 bits per heavy atom. The minimum Gasteiger partial charge on any atom is -0.211 e. The molecular weight excluding hydrogens is 138 g/mol. The molecule has 66 valence electrons. The molecule has 0 aliphatic carbocycles. The third-order valence-corrected chi connectivity index (χ3v) is 1.18. The fraction of sp³-hybridized carbons (Fsp3) is 0.889. The van der Waals surface area contributed by atoms with E-state index in [4.69, 9.17) is 4.79 Å². The lowest BCUT2D eigenvalue weighted by Crippen LogP contribution is -1.66. The van der Waals surface area contributed by atoms with Gasteiger partial charge in [0, 0.05) is 6.54 Å². The number of carbonyl (C=O) groups excluding carboxylic acids is 1. The van der Waals surface area contributed by atoms with Crippen LogP contribution in [0.15, 0.2) is 4.99 Å². The standard InChI is InChI=1S/C6H14.C3H5NO/c1-3-5-6-4-2;1-2-4-3-5/h3-6H2,1-2H3;2H2,1H3. The van der Waals surface area contributed by atoms with Crippen molar-refractivity contribution < 1.29 is 4.79 Å². The van der Waals surface area contributed by atoms with E-state index in [1.807, 2.05) is 0 Å². The molecule has 0 saturated carbocycles. The Kier molecular flexibility index (Phi) is 19.1. The maximum atomic E-state index is 9.11. The van der Waals surface area contributed by atoms with E-state index in [1.54, 1.807) is 6.92 Å². The molecule has 0 heterocycles. The van der Waals surface area contributed by atoms with Gasteiger partial charge in [-0.1, -0.05) is 39.5 Å². The Balaban J connectivity index is 0. The normalized spacial score (nSPS) is 7.55. The van der Waals surface area contributed by atoms with Crippen LogP contribution in [-0.4, -0.2) is 12.6 Å². The molecule has 0 bridgehead atoms. The van der Waals surface area contributed by atoms with Crippen molar-refractivity contribution in [3.8, 4) is 0 Å². The largest absolute Gasteiger partial charge is 0.234 e. The first-order valence-corrected chi connectivity index (χ1v) is 4.37. The second kappa shape index (κ2) is 16.2. The highest BCUT2D eigenvalue weighted by Gasteiger charge is 1.75. The highest BCUT2D eigenvalue weighted by Crippen LogP contribution is 1.95. The van der Waals surface area contributed by atoms with Gasteiger partial charge in [0.1, 0.15) is 0 Å². The summed E-state index contributed by atoms with van der Waals surface area (Å²) in [5.74, 6) is 0. The van der Waals surface area contributed by atoms with Gasteiger partial charge in [-0.15, -0.1) is 0 Å². The topological polar surface area (TPSA) is 29.4 Å². The lowest BCUT2D eigenvalue weighted by Gasteiger charge is -1.86. The molecule has 0 aromatic carbocycles. The van der Waals surface area contributed by atoms with Crippen molar-refractivity contribution in [2.24, 2.45) is 4.99 Å². The van der Waals surface area contributed by atoms with E-state index < -0.39 is 0 Å². The van der Waals surface area contributed by atoms with E-state index >= 15 is 0 Å². The number of nitrogens with zero attached hydrogens (tertiary/aromatic N) is 1. The van der Waals surface area contributed by atoms with Gasteiger partial charge in [0.2, 0.25) is 6.08 Å². The maximum Gasteiger partial charge on any atom is 0.234 e. The first kappa shape index (κ1) is 13.0. The van der Waals surface area contributed by atoms with E-state index in [9.17, 15) is 0 Å². The number of isocyanates is 1. The molecule has 0 saturated heterocycles. The molecule has 0 spiro atoms. The minimum absolute atomic E-state index is 0.545. The average molecular weight is 157 g/mol. The van der Waals surface area contributed by atoms with Gasteiger partial charge in [0.05, 0.1) is 0 Å². The summed E-state index contributed by atoms with van der Waals surface area (Å²) in [6.45, 7) is 6.79. The Morgan fingerprint density at radius 3 is 1.64 bits per heavy atom. The van der Waals surface area contributed by atoms with E-state index in [-0.39, 0.29) is 0 Å². The van der Waals surface area contributed by atoms with Crippen molar-refractivity contribution in [1.82, 2.24) is 0 Å². The van der Waals surface area contributed by atoms with Gasteiger partial charge in [-0.05, 0) is 6.92 Å². The predicted octanol–water partition coefficient (Wildman–Crippen LogP) is 2.93. The van der Waals surface area contributed by atoms with Crippen LogP contribution in [0.4, 0.5) is 0 Å². The van der Waals surface area contributed by atoms with Crippen molar-refractivity contribution in [2.75, 3.05) is 6.54 Å². The molecule has 0 aromatic rings. The van der Waals surface area contributed by atoms with Gasteiger partial charge in [-0.3, -0.25) is 0 Å². The Bertz CT molecular complexity index is 91.7. The minimum atomic E-state index is 0.545. The first-order valence-electron chi connectivity index (χ1n) is 4.37. The summed E-state index contributed by atoms with van der Waals surface area (Å²) in [6.07, 6.45) is 6.93. The molecule has 2 nitrogen and oxygen atoms in total. The highest BCUT2D eigenvalue weighted by molar-refractivity contribution is 5.32. The summed E-state index contributed by atoms with van der Waals surface area (Å²) in [4.78, 5) is 12.3. The summed E-state index contributed by atoms with van der Waals surface area (Å²) in [6, 6.07) is 0. The fourth-order valence-corrected chi connectivity index (χ4v) is 0.565. The van der Waals surface area contributed by atoms with Crippen LogP contribution in [0.5, 0.6) is 0 Å². The SMILES string of the molecule is CCCCCC.CCN=C=O. The lowest BCUT2D eigenvalue weighted by atomic mass is 10.2. The van der Waals surface area contributed by atoms with E-state index in [0.717, 1.165) is 0 Å². The second-order valence-electron chi connectivity index (χ2n) is 2.27. The molecule has 0 rings (SSSR count). The van der Waals surface area contributed by atoms with Crippen LogP contribution in [0.25, 0.3) is 0 Å². The molecule has 0 amide bonds. The Morgan fingerprint density at radius 1 is 1.09 bits per heavy atom. The van der Waals surface area contributed by atoms with Crippen LogP contribution < -0.4 is 0 Å². The van der Waals surface area contributed by atoms with Crippen molar-refractivity contribution in [1.29, 1.82) is 0 Å². The van der Waals surface area contributed by atoms with Gasteiger partial charge >= 0.3 is 0 Å². The van der Waals surface area contributed by atoms with Crippen molar-refractivity contribution >= 4 is 6.08 Å². The maximum absolute atomic E-state index is 9.11. The number of aliphatic imine (C=N–C) groups is 1. The summed E-state index contributed by atoms with van der Waals surface area (Å²) in [7, 11) is 0. The van der Waals surface area contributed by atoms with E-state index in [2.05, 4.69) is 18.8 Å². The van der Waals surface area contributed by atoms with Crippen LogP contribution in [0.3, 0.4) is 0 Å². The molecular formula is C9H19NO. The third-order valence-electron chi connectivity index (χ3n) is 1.18. The average Bonchev–Trinajstić information content (AvgIpc) is 2.04. The highest BCUT2D eigenvalue weighted by atomic mass is 16.1. The van der Waals surface area contributed by atoms with Crippen LogP contribution in [0.2, 0.25) is 0 Å². The molecule has 0 aliphatic heterocycles. The van der Waals surface area contributed by atoms with Gasteiger partial charge < -0.3 is 0 Å². The molecule has 11 heavy (non-hydrogen) atoms. The van der Waals surface area contributed by atoms with Gasteiger partial charge in [-0.25, -0.2) is 9.79 Å². The molecule has 0 N–H and O–H groups in total. The molecule has 0 atom stereocenters. The molecule has 0 radical (unpaired) electrons. The number of hydrogen-bond donors (Lipinski definition) is 0. The van der Waals surface area contributed by atoms with Gasteiger partial charge in [-0.2, -0.15) is 0 Å². The Hall–Kier alpha value is -0.620. The zero-order valence-corrected chi connectivity index (χ0v) is 7.89. The van der Waals surface area contributed by atoms with Crippen LogP contribution in [0.1, 0.15) is 46.5 Å². The number of unbranched alkanes of at least 4 members (excludes halogenated alkanes) is 3. The van der Waals surface area contributed by atoms with Crippen molar-refractivity contribution in [3.63, 3.8) is 0 Å². The number of hydrogen-bond acceptors (Lipinski definition) is 2. The first-order chi connectivity index (χ1) is 5.33.